The van der Waals surface area contributed by atoms with E-state index in [0.717, 1.165) is 0 Å². The molecule has 1 aromatic rings. The lowest BCUT2D eigenvalue weighted by Crippen LogP contribution is -2.32. The van der Waals surface area contributed by atoms with E-state index in [1.165, 1.54) is 25.3 Å². The molecule has 1 aliphatic rings. The maximum atomic E-state index is 14.3. The van der Waals surface area contributed by atoms with E-state index in [2.05, 4.69) is 9.46 Å². The van der Waals surface area contributed by atoms with Crippen molar-refractivity contribution in [3.63, 3.8) is 0 Å². The molecule has 1 saturated carbocycles. The minimum atomic E-state index is -3.75. The van der Waals surface area contributed by atoms with E-state index in [-0.39, 0.29) is 45.7 Å². The van der Waals surface area contributed by atoms with Crippen molar-refractivity contribution in [2.75, 3.05) is 13.7 Å². The molecule has 0 aromatic heterocycles. The predicted octanol–water partition coefficient (Wildman–Crippen LogP) is 4.54. The number of methoxy groups -OCH3 is 1. The Morgan fingerprint density at radius 2 is 2.04 bits per heavy atom. The quantitative estimate of drug-likeness (QED) is 0.441. The summed E-state index contributed by atoms with van der Waals surface area (Å²) in [4.78, 5) is 11.1. The van der Waals surface area contributed by atoms with Crippen molar-refractivity contribution in [2.45, 2.75) is 43.2 Å². The van der Waals surface area contributed by atoms with Gasteiger partial charge in [0, 0.05) is 13.0 Å². The third-order valence-electron chi connectivity index (χ3n) is 4.94. The first-order chi connectivity index (χ1) is 13.2. The van der Waals surface area contributed by atoms with E-state index in [4.69, 9.17) is 23.2 Å². The molecule has 0 heterocycles. The molecule has 28 heavy (non-hydrogen) atoms. The van der Waals surface area contributed by atoms with Gasteiger partial charge in [-0.2, -0.15) is 0 Å². The highest BCUT2D eigenvalue weighted by atomic mass is 35.5. The molecule has 9 heteroatoms. The maximum absolute atomic E-state index is 14.3. The highest BCUT2D eigenvalue weighted by Gasteiger charge is 2.36. The van der Waals surface area contributed by atoms with Crippen molar-refractivity contribution in [1.29, 1.82) is 0 Å². The van der Waals surface area contributed by atoms with Crippen LogP contribution in [0.1, 0.15) is 32.1 Å². The Hall–Kier alpha value is -1.15. The van der Waals surface area contributed by atoms with Crippen LogP contribution in [0.25, 0.3) is 0 Å². The van der Waals surface area contributed by atoms with Gasteiger partial charge >= 0.3 is 5.97 Å². The molecular weight excluding hydrogens is 428 g/mol. The summed E-state index contributed by atoms with van der Waals surface area (Å²) in [5.41, 5.74) is 0. The number of ether oxygens (including phenoxy) is 1. The largest absolute Gasteiger partial charge is 0.469 e. The Morgan fingerprint density at radius 1 is 1.29 bits per heavy atom. The summed E-state index contributed by atoms with van der Waals surface area (Å²) in [5.74, 6) is -0.646. The van der Waals surface area contributed by atoms with E-state index in [0.29, 0.717) is 25.7 Å². The van der Waals surface area contributed by atoms with E-state index in [9.17, 15) is 17.6 Å². The van der Waals surface area contributed by atoms with Crippen molar-refractivity contribution in [2.24, 2.45) is 11.8 Å². The zero-order chi connectivity index (χ0) is 20.7. The van der Waals surface area contributed by atoms with Crippen molar-refractivity contribution < 1.29 is 22.3 Å². The van der Waals surface area contributed by atoms with Crippen molar-refractivity contribution in [3.05, 3.63) is 40.4 Å². The first-order valence-corrected chi connectivity index (χ1v) is 11.3. The lowest BCUT2D eigenvalue weighted by atomic mass is 9.92. The van der Waals surface area contributed by atoms with Crippen molar-refractivity contribution in [1.82, 2.24) is 4.72 Å². The molecule has 2 rings (SSSR count). The molecule has 3 atom stereocenters. The second kappa shape index (κ2) is 10.6. The molecule has 0 unspecified atom stereocenters. The van der Waals surface area contributed by atoms with Crippen LogP contribution in [0.5, 0.6) is 0 Å². The fraction of sp³-hybridized carbons (Fsp3) is 0.526. The van der Waals surface area contributed by atoms with E-state index < -0.39 is 16.2 Å². The van der Waals surface area contributed by atoms with Crippen LogP contribution in [0, 0.1) is 11.8 Å². The monoisotopic (exact) mass is 451 g/mol. The van der Waals surface area contributed by atoms with Crippen molar-refractivity contribution in [3.8, 4) is 0 Å². The third-order valence-corrected chi connectivity index (χ3v) is 7.10. The predicted molar refractivity (Wildman–Crippen MR) is 108 cm³/mol. The molecule has 1 aromatic carbocycles. The zero-order valence-electron chi connectivity index (χ0n) is 15.5. The summed E-state index contributed by atoms with van der Waals surface area (Å²) in [7, 11) is -2.42. The van der Waals surface area contributed by atoms with Gasteiger partial charge in [-0.3, -0.25) is 4.79 Å². The second-order valence-corrected chi connectivity index (χ2v) is 9.35. The fourth-order valence-corrected chi connectivity index (χ4v) is 4.79. The Morgan fingerprint density at radius 3 is 2.71 bits per heavy atom. The second-order valence-electron chi connectivity index (χ2n) is 6.77. The first-order valence-electron chi connectivity index (χ1n) is 9.05. The van der Waals surface area contributed by atoms with Crippen LogP contribution in [0.15, 0.2) is 35.2 Å². The van der Waals surface area contributed by atoms with Crippen LogP contribution in [0.4, 0.5) is 4.39 Å². The number of hydrogen-bond acceptors (Lipinski definition) is 4. The van der Waals surface area contributed by atoms with Crippen LogP contribution < -0.4 is 4.72 Å². The van der Waals surface area contributed by atoms with Gasteiger partial charge in [0.25, 0.3) is 0 Å². The smallest absolute Gasteiger partial charge is 0.305 e. The van der Waals surface area contributed by atoms with Gasteiger partial charge in [-0.25, -0.2) is 17.5 Å². The van der Waals surface area contributed by atoms with Gasteiger partial charge in [0.05, 0.1) is 22.1 Å². The number of allylic oxidation sites excluding steroid dienone is 2. The number of sulfonamides is 1. The van der Waals surface area contributed by atoms with Crippen LogP contribution in [0.2, 0.25) is 10.0 Å². The molecule has 5 nitrogen and oxygen atoms in total. The Kier molecular flexibility index (Phi) is 8.74. The number of nitrogens with one attached hydrogen (secondary N) is 1. The normalized spacial score (nSPS) is 22.6. The maximum Gasteiger partial charge on any atom is 0.305 e. The molecule has 1 N–H and O–H groups in total. The Labute approximate surface area is 175 Å². The van der Waals surface area contributed by atoms with Crippen molar-refractivity contribution >= 4 is 39.2 Å². The van der Waals surface area contributed by atoms with Crippen LogP contribution in [-0.4, -0.2) is 34.2 Å². The summed E-state index contributed by atoms with van der Waals surface area (Å²) < 4.78 is 46.3. The average molecular weight is 452 g/mol. The first kappa shape index (κ1) is 23.1. The topological polar surface area (TPSA) is 72.5 Å². The standard InChI is InChI=1S/C19H24Cl2FNO4S/c1-27-19(24)6-4-2-3-5-15-13(7-10-18(15)22)12-23-28(25,26)14-8-9-16(20)17(21)11-14/h2-3,8-9,11,13,15,18,23H,4-7,10,12H2,1H3/b3-2-/t13-,15-,18-/m1/s1. The highest BCUT2D eigenvalue weighted by molar-refractivity contribution is 7.89. The molecule has 0 radical (unpaired) electrons. The van der Waals surface area contributed by atoms with Crippen LogP contribution >= 0.6 is 23.2 Å². The molecule has 0 amide bonds. The Balaban J connectivity index is 1.91. The third kappa shape index (κ3) is 6.44. The highest BCUT2D eigenvalue weighted by Crippen LogP contribution is 2.37. The summed E-state index contributed by atoms with van der Waals surface area (Å²) in [6.07, 6.45) is 5.07. The van der Waals surface area contributed by atoms with Gasteiger partial charge in [-0.1, -0.05) is 35.4 Å². The number of halogens is 3. The zero-order valence-corrected chi connectivity index (χ0v) is 17.9. The summed E-state index contributed by atoms with van der Waals surface area (Å²) >= 11 is 11.7. The van der Waals surface area contributed by atoms with Gasteiger partial charge in [-0.05, 0) is 55.7 Å². The SMILES string of the molecule is COC(=O)CC/C=C\C[C@@H]1[C@@H](CNS(=O)(=O)c2ccc(Cl)c(Cl)c2)CC[C@H]1F. The number of carbonyl (C=O) groups excluding carboxylic acids is 1. The number of esters is 1. The van der Waals surface area contributed by atoms with E-state index in [1.807, 2.05) is 12.2 Å². The van der Waals surface area contributed by atoms with E-state index in [1.54, 1.807) is 0 Å². The molecule has 0 saturated heterocycles. The van der Waals surface area contributed by atoms with Crippen LogP contribution in [-0.2, 0) is 19.6 Å². The van der Waals surface area contributed by atoms with Gasteiger partial charge in [0.1, 0.15) is 6.17 Å². The Bertz CT molecular complexity index is 816. The minimum Gasteiger partial charge on any atom is -0.469 e. The van der Waals surface area contributed by atoms with Gasteiger partial charge < -0.3 is 4.74 Å². The number of hydrogen-bond donors (Lipinski definition) is 1. The molecular formula is C19H24Cl2FNO4S. The van der Waals surface area contributed by atoms with Gasteiger partial charge in [0.15, 0.2) is 0 Å². The average Bonchev–Trinajstić information content (AvgIpc) is 3.01. The minimum absolute atomic E-state index is 0.0240. The number of benzene rings is 1. The molecule has 0 aliphatic heterocycles. The number of rotatable bonds is 9. The summed E-state index contributed by atoms with van der Waals surface area (Å²) in [6, 6.07) is 4.10. The fourth-order valence-electron chi connectivity index (χ4n) is 3.31. The van der Waals surface area contributed by atoms with Gasteiger partial charge in [0.2, 0.25) is 10.0 Å². The lowest BCUT2D eigenvalue weighted by molar-refractivity contribution is -0.140. The van der Waals surface area contributed by atoms with Gasteiger partial charge in [-0.15, -0.1) is 0 Å². The summed E-state index contributed by atoms with van der Waals surface area (Å²) in [5, 5.41) is 0.430. The number of alkyl halides is 1. The molecule has 156 valence electrons. The van der Waals surface area contributed by atoms with E-state index >= 15 is 0 Å². The van der Waals surface area contributed by atoms with Crippen LogP contribution in [0.3, 0.4) is 0 Å². The molecule has 0 spiro atoms. The molecule has 0 bridgehead atoms. The molecule has 1 fully saturated rings. The summed E-state index contributed by atoms with van der Waals surface area (Å²) in [6.45, 7) is 0.156. The number of carbonyl (C=O) groups is 1. The molecule has 1 aliphatic carbocycles. The lowest BCUT2D eigenvalue weighted by Gasteiger charge is -2.20.